The fourth-order valence-corrected chi connectivity index (χ4v) is 2.45. The van der Waals surface area contributed by atoms with Gasteiger partial charge in [0, 0.05) is 6.54 Å². The SMILES string of the molecule is N[C@@H](Cc1ccc(B(O)O)cc1)C(=O)NCCCCOc1ccccc1. The van der Waals surface area contributed by atoms with Gasteiger partial charge in [0.2, 0.25) is 5.91 Å². The summed E-state index contributed by atoms with van der Waals surface area (Å²) in [6.45, 7) is 1.16. The van der Waals surface area contributed by atoms with Crippen LogP contribution in [0.5, 0.6) is 5.75 Å². The van der Waals surface area contributed by atoms with Crippen molar-refractivity contribution in [2.45, 2.75) is 25.3 Å². The molecule has 0 aliphatic carbocycles. The molecule has 2 aromatic rings. The molecule has 0 aliphatic heterocycles. The number of amides is 1. The molecule has 0 aliphatic rings. The Kier molecular flexibility index (Phi) is 8.14. The van der Waals surface area contributed by atoms with Gasteiger partial charge < -0.3 is 25.8 Å². The van der Waals surface area contributed by atoms with E-state index in [9.17, 15) is 4.79 Å². The molecular weight excluding hydrogens is 331 g/mol. The monoisotopic (exact) mass is 356 g/mol. The van der Waals surface area contributed by atoms with E-state index in [1.165, 1.54) is 0 Å². The van der Waals surface area contributed by atoms with Crippen molar-refractivity contribution >= 4 is 18.5 Å². The molecule has 0 fully saturated rings. The van der Waals surface area contributed by atoms with E-state index < -0.39 is 13.2 Å². The number of hydrogen-bond acceptors (Lipinski definition) is 5. The maximum absolute atomic E-state index is 12.0. The number of carbonyl (C=O) groups excluding carboxylic acids is 1. The van der Waals surface area contributed by atoms with Crippen LogP contribution in [-0.4, -0.2) is 42.3 Å². The molecule has 0 heterocycles. The average molecular weight is 356 g/mol. The highest BCUT2D eigenvalue weighted by Gasteiger charge is 2.15. The second kappa shape index (κ2) is 10.6. The van der Waals surface area contributed by atoms with E-state index in [4.69, 9.17) is 20.5 Å². The minimum Gasteiger partial charge on any atom is -0.494 e. The van der Waals surface area contributed by atoms with Crippen LogP contribution in [0.3, 0.4) is 0 Å². The third kappa shape index (κ3) is 6.88. The van der Waals surface area contributed by atoms with Crippen molar-refractivity contribution in [3.8, 4) is 5.75 Å². The van der Waals surface area contributed by atoms with Crippen LogP contribution in [0.15, 0.2) is 54.6 Å². The Morgan fingerprint density at radius 3 is 2.42 bits per heavy atom. The first kappa shape index (κ1) is 20.0. The van der Waals surface area contributed by atoms with Crippen LogP contribution in [0.4, 0.5) is 0 Å². The standard InChI is InChI=1S/C19H25BN2O4/c21-18(14-15-8-10-16(11-9-15)20(24)25)19(23)22-12-4-5-13-26-17-6-2-1-3-7-17/h1-3,6-11,18,24-25H,4-5,12-14,21H2,(H,22,23)/t18-/m0/s1. The van der Waals surface area contributed by atoms with Gasteiger partial charge >= 0.3 is 7.12 Å². The second-order valence-electron chi connectivity index (χ2n) is 6.09. The van der Waals surface area contributed by atoms with Crippen molar-refractivity contribution in [3.05, 3.63) is 60.2 Å². The van der Waals surface area contributed by atoms with E-state index in [0.29, 0.717) is 25.0 Å². The van der Waals surface area contributed by atoms with Crippen molar-refractivity contribution < 1.29 is 19.6 Å². The van der Waals surface area contributed by atoms with Crippen LogP contribution < -0.4 is 21.3 Å². The largest absolute Gasteiger partial charge is 0.494 e. The van der Waals surface area contributed by atoms with E-state index in [-0.39, 0.29) is 5.91 Å². The van der Waals surface area contributed by atoms with Gasteiger partial charge in [-0.3, -0.25) is 4.79 Å². The lowest BCUT2D eigenvalue weighted by molar-refractivity contribution is -0.122. The molecule has 0 spiro atoms. The van der Waals surface area contributed by atoms with Gasteiger partial charge in [0.05, 0.1) is 12.6 Å². The number of ether oxygens (including phenoxy) is 1. The maximum atomic E-state index is 12.0. The molecule has 0 bridgehead atoms. The van der Waals surface area contributed by atoms with E-state index in [2.05, 4.69) is 5.32 Å². The number of nitrogens with one attached hydrogen (secondary N) is 1. The summed E-state index contributed by atoms with van der Waals surface area (Å²) < 4.78 is 5.59. The van der Waals surface area contributed by atoms with Gasteiger partial charge in [-0.15, -0.1) is 0 Å². The van der Waals surface area contributed by atoms with Gasteiger partial charge in [-0.05, 0) is 42.4 Å². The number of para-hydroxylation sites is 1. The van der Waals surface area contributed by atoms with Crippen LogP contribution >= 0.6 is 0 Å². The summed E-state index contributed by atoms with van der Waals surface area (Å²) in [6, 6.07) is 15.7. The number of nitrogens with two attached hydrogens (primary N) is 1. The molecule has 7 heteroatoms. The molecule has 5 N–H and O–H groups in total. The number of rotatable bonds is 10. The van der Waals surface area contributed by atoms with Crippen LogP contribution in [-0.2, 0) is 11.2 Å². The molecule has 0 saturated heterocycles. The molecular formula is C19H25BN2O4. The molecule has 1 amide bonds. The summed E-state index contributed by atoms with van der Waals surface area (Å²) in [5.41, 5.74) is 7.20. The first-order valence-electron chi connectivity index (χ1n) is 8.72. The van der Waals surface area contributed by atoms with Crippen molar-refractivity contribution in [1.82, 2.24) is 5.32 Å². The van der Waals surface area contributed by atoms with Gasteiger partial charge in [0.25, 0.3) is 0 Å². The van der Waals surface area contributed by atoms with Crippen molar-refractivity contribution in [3.63, 3.8) is 0 Å². The molecule has 0 aromatic heterocycles. The van der Waals surface area contributed by atoms with Gasteiger partial charge in [0.15, 0.2) is 0 Å². The van der Waals surface area contributed by atoms with Crippen LogP contribution in [0, 0.1) is 0 Å². The third-order valence-corrected chi connectivity index (χ3v) is 3.95. The van der Waals surface area contributed by atoms with Gasteiger partial charge in [0.1, 0.15) is 5.75 Å². The molecule has 2 aromatic carbocycles. The zero-order valence-corrected chi connectivity index (χ0v) is 14.7. The minimum absolute atomic E-state index is 0.194. The lowest BCUT2D eigenvalue weighted by Gasteiger charge is -2.13. The number of unbranched alkanes of at least 4 members (excludes halogenated alkanes) is 1. The first-order chi connectivity index (χ1) is 12.6. The zero-order chi connectivity index (χ0) is 18.8. The molecule has 0 radical (unpaired) electrons. The molecule has 1 atom stereocenters. The molecule has 6 nitrogen and oxygen atoms in total. The number of carbonyl (C=O) groups is 1. The van der Waals surface area contributed by atoms with Crippen LogP contribution in [0.1, 0.15) is 18.4 Å². The van der Waals surface area contributed by atoms with E-state index in [1.807, 2.05) is 30.3 Å². The van der Waals surface area contributed by atoms with Crippen LogP contribution in [0.25, 0.3) is 0 Å². The summed E-state index contributed by atoms with van der Waals surface area (Å²) in [6.07, 6.45) is 2.05. The predicted molar refractivity (Wildman–Crippen MR) is 102 cm³/mol. The number of hydrogen-bond donors (Lipinski definition) is 4. The smallest absolute Gasteiger partial charge is 0.488 e. The van der Waals surface area contributed by atoms with Crippen molar-refractivity contribution in [2.75, 3.05) is 13.2 Å². The predicted octanol–water partition coefficient (Wildman–Crippen LogP) is 0.212. The highest BCUT2D eigenvalue weighted by atomic mass is 16.5. The molecule has 138 valence electrons. The summed E-state index contributed by atoms with van der Waals surface area (Å²) in [5.74, 6) is 0.651. The number of benzene rings is 2. The first-order valence-corrected chi connectivity index (χ1v) is 8.72. The normalized spacial score (nSPS) is 11.7. The Balaban J connectivity index is 1.61. The molecule has 26 heavy (non-hydrogen) atoms. The summed E-state index contributed by atoms with van der Waals surface area (Å²) in [4.78, 5) is 12.0. The van der Waals surface area contributed by atoms with E-state index in [0.717, 1.165) is 24.2 Å². The summed E-state index contributed by atoms with van der Waals surface area (Å²) in [7, 11) is -1.49. The fraction of sp³-hybridized carbons (Fsp3) is 0.316. The lowest BCUT2D eigenvalue weighted by atomic mass is 9.80. The fourth-order valence-electron chi connectivity index (χ4n) is 2.45. The lowest BCUT2D eigenvalue weighted by Crippen LogP contribution is -2.42. The summed E-state index contributed by atoms with van der Waals surface area (Å²) >= 11 is 0. The molecule has 2 rings (SSSR count). The Morgan fingerprint density at radius 1 is 1.08 bits per heavy atom. The van der Waals surface area contributed by atoms with E-state index >= 15 is 0 Å². The zero-order valence-electron chi connectivity index (χ0n) is 14.7. The average Bonchev–Trinajstić information content (AvgIpc) is 2.65. The highest BCUT2D eigenvalue weighted by Crippen LogP contribution is 2.08. The summed E-state index contributed by atoms with van der Waals surface area (Å²) in [5, 5.41) is 21.0. The van der Waals surface area contributed by atoms with Gasteiger partial charge in [-0.25, -0.2) is 0 Å². The van der Waals surface area contributed by atoms with Crippen molar-refractivity contribution in [2.24, 2.45) is 5.73 Å². The van der Waals surface area contributed by atoms with Gasteiger partial charge in [-0.2, -0.15) is 0 Å². The van der Waals surface area contributed by atoms with Crippen molar-refractivity contribution in [1.29, 1.82) is 0 Å². The Hall–Kier alpha value is -2.35. The molecule has 0 unspecified atom stereocenters. The van der Waals surface area contributed by atoms with Gasteiger partial charge in [-0.1, -0.05) is 42.5 Å². The third-order valence-electron chi connectivity index (χ3n) is 3.95. The molecule has 0 saturated carbocycles. The topological polar surface area (TPSA) is 105 Å². The Labute approximate surface area is 154 Å². The minimum atomic E-state index is -1.49. The Morgan fingerprint density at radius 2 is 1.77 bits per heavy atom. The highest BCUT2D eigenvalue weighted by molar-refractivity contribution is 6.58. The maximum Gasteiger partial charge on any atom is 0.488 e. The van der Waals surface area contributed by atoms with E-state index in [1.54, 1.807) is 24.3 Å². The van der Waals surface area contributed by atoms with Crippen LogP contribution in [0.2, 0.25) is 0 Å². The quantitative estimate of drug-likeness (QED) is 0.360. The Bertz CT molecular complexity index is 665. The second-order valence-corrected chi connectivity index (χ2v) is 6.09.